The highest BCUT2D eigenvalue weighted by Crippen LogP contribution is 1.73. The van der Waals surface area contributed by atoms with Crippen molar-refractivity contribution in [3.63, 3.8) is 0 Å². The van der Waals surface area contributed by atoms with Crippen molar-refractivity contribution in [2.45, 2.75) is 11.6 Å². The minimum absolute atomic E-state index is 0. The average molecular weight is 91.1 g/mol. The van der Waals surface area contributed by atoms with Gasteiger partial charge in [0.05, 0.1) is 0 Å². The van der Waals surface area contributed by atoms with Crippen molar-refractivity contribution >= 4 is 14.5 Å². The normalized spacial score (nSPS) is 7.80. The lowest BCUT2D eigenvalue weighted by Gasteiger charge is -1.87. The standard InChI is InChI=1S/CH3O.2CH3.Al.H2/c1-2;;;;/h1H3;2*1H3;;1H/q-1;;;+1;/i;;;;1+1. The molecule has 0 saturated heterocycles. The van der Waals surface area contributed by atoms with Gasteiger partial charge in [0.1, 0.15) is 0 Å². The molecule has 0 aromatic carbocycles. The van der Waals surface area contributed by atoms with Crippen LogP contribution < -0.4 is 0 Å². The quantitative estimate of drug-likeness (QED) is 0.439. The van der Waals surface area contributed by atoms with Crippen LogP contribution in [0.15, 0.2) is 0 Å². The summed E-state index contributed by atoms with van der Waals surface area (Å²) in [5.74, 6) is 4.28. The largest absolute Gasteiger partial charge is 0.503 e. The minimum atomic E-state index is -0.650. The molecule has 0 aliphatic carbocycles. The minimum Gasteiger partial charge on any atom is -0.503 e. The Bertz CT molecular complexity index is 24.8. The summed E-state index contributed by atoms with van der Waals surface area (Å²) in [6.07, 6.45) is 0. The van der Waals surface area contributed by atoms with E-state index in [1.54, 1.807) is 7.11 Å². The molecule has 0 bridgehead atoms. The Hall–Kier alpha value is 0.492. The third-order valence-electron chi connectivity index (χ3n) is 0.471. The highest BCUT2D eigenvalue weighted by molar-refractivity contribution is 6.48. The lowest BCUT2D eigenvalue weighted by molar-refractivity contribution is 0.430. The Labute approximate surface area is 39.2 Å². The first-order valence-corrected chi connectivity index (χ1v) is 4.58. The zero-order chi connectivity index (χ0) is 4.28. The summed E-state index contributed by atoms with van der Waals surface area (Å²) < 4.78 is 4.89. The smallest absolute Gasteiger partial charge is 0.453 e. The van der Waals surface area contributed by atoms with Crippen LogP contribution in [0, 0.1) is 0 Å². The molecule has 0 rings (SSSR count). The van der Waals surface area contributed by atoms with Crippen molar-refractivity contribution in [1.82, 2.24) is 0 Å². The number of hydrogen-bond donors (Lipinski definition) is 0. The molecule has 0 aliphatic rings. The van der Waals surface area contributed by atoms with Crippen molar-refractivity contribution in [2.24, 2.45) is 0 Å². The van der Waals surface area contributed by atoms with E-state index in [0.29, 0.717) is 0 Å². The van der Waals surface area contributed by atoms with Crippen molar-refractivity contribution in [1.29, 1.82) is 0 Å². The Morgan fingerprint density at radius 1 is 1.60 bits per heavy atom. The van der Waals surface area contributed by atoms with E-state index in [-0.39, 0.29) is 1.43 Å². The molecule has 0 N–H and O–H groups in total. The zero-order valence-electron chi connectivity index (χ0n) is 3.99. The van der Waals surface area contributed by atoms with Crippen molar-refractivity contribution < 1.29 is 5.22 Å². The topological polar surface area (TPSA) is 9.23 Å². The van der Waals surface area contributed by atoms with Gasteiger partial charge >= 0.3 is 14.5 Å². The van der Waals surface area contributed by atoms with Gasteiger partial charge in [0.15, 0.2) is 0 Å². The molecule has 0 spiro atoms. The maximum absolute atomic E-state index is 4.89. The molecule has 5 heavy (non-hydrogen) atoms. The molecule has 0 heterocycles. The zero-order valence-corrected chi connectivity index (χ0v) is 5.14. The Balaban J connectivity index is 0. The fraction of sp³-hybridized carbons (Fsp3) is 1.00. The van der Waals surface area contributed by atoms with Gasteiger partial charge < -0.3 is 3.79 Å². The summed E-state index contributed by atoms with van der Waals surface area (Å²) in [7, 11) is 1.76. The Kier molecular flexibility index (Phi) is 2.98. The summed E-state index contributed by atoms with van der Waals surface area (Å²) in [6.45, 7) is 0. The van der Waals surface area contributed by atoms with E-state index in [9.17, 15) is 0 Å². The van der Waals surface area contributed by atoms with Crippen molar-refractivity contribution in [3.8, 4) is 0 Å². The van der Waals surface area contributed by atoms with Gasteiger partial charge in [0.2, 0.25) is 0 Å². The van der Waals surface area contributed by atoms with Gasteiger partial charge in [0.25, 0.3) is 0 Å². The molecule has 0 aliphatic heterocycles. The van der Waals surface area contributed by atoms with E-state index < -0.39 is 14.5 Å². The van der Waals surface area contributed by atoms with Gasteiger partial charge in [-0.3, -0.25) is 0 Å². The van der Waals surface area contributed by atoms with Crippen LogP contribution in [-0.4, -0.2) is 21.6 Å². The average Bonchev–Trinajstić information content (AvgIpc) is 1.38. The van der Waals surface area contributed by atoms with Crippen LogP contribution in [0.3, 0.4) is 0 Å². The fourth-order valence-electron chi connectivity index (χ4n) is 0. The third kappa shape index (κ3) is 4.49. The molecule has 2 heteroatoms. The van der Waals surface area contributed by atoms with Crippen LogP contribution in [0.2, 0.25) is 11.6 Å². The molecule has 0 saturated carbocycles. The van der Waals surface area contributed by atoms with Crippen molar-refractivity contribution in [2.75, 3.05) is 7.11 Å². The van der Waals surface area contributed by atoms with Crippen LogP contribution in [-0.2, 0) is 3.79 Å². The molecule has 0 aromatic heterocycles. The molecule has 1 nitrogen and oxygen atoms in total. The van der Waals surface area contributed by atoms with Crippen LogP contribution in [0.5, 0.6) is 0 Å². The van der Waals surface area contributed by atoms with Gasteiger partial charge in [-0.1, -0.05) is 11.6 Å². The molecule has 0 fully saturated rings. The second-order valence-corrected chi connectivity index (χ2v) is 3.85. The van der Waals surface area contributed by atoms with Gasteiger partial charge in [-0.15, -0.1) is 0 Å². The van der Waals surface area contributed by atoms with Crippen LogP contribution >= 0.6 is 0 Å². The first-order valence-electron chi connectivity index (χ1n) is 1.80. The van der Waals surface area contributed by atoms with Crippen LogP contribution in [0.4, 0.5) is 0 Å². The number of hydrogen-bond acceptors (Lipinski definition) is 1. The lowest BCUT2D eigenvalue weighted by atomic mass is 11.8. The molecule has 0 amide bonds. The van der Waals surface area contributed by atoms with Crippen LogP contribution in [0.1, 0.15) is 1.43 Å². The summed E-state index contributed by atoms with van der Waals surface area (Å²) >= 11 is -0.650. The van der Waals surface area contributed by atoms with E-state index in [4.69, 9.17) is 3.79 Å². The summed E-state index contributed by atoms with van der Waals surface area (Å²) in [5, 5.41) is 0. The summed E-state index contributed by atoms with van der Waals surface area (Å²) in [5.41, 5.74) is 0. The fourth-order valence-corrected chi connectivity index (χ4v) is 0. The monoisotopic (exact) mass is 91.1 g/mol. The van der Waals surface area contributed by atoms with E-state index in [1.807, 2.05) is 0 Å². The van der Waals surface area contributed by atoms with Gasteiger partial charge in [-0.25, -0.2) is 0 Å². The summed E-state index contributed by atoms with van der Waals surface area (Å²) in [6, 6.07) is 0. The maximum Gasteiger partial charge on any atom is 0.453 e. The highest BCUT2D eigenvalue weighted by atomic mass is 27.2. The molecular formula is C3H11AlO. The Morgan fingerprint density at radius 3 is 1.80 bits per heavy atom. The predicted octanol–water partition coefficient (Wildman–Crippen LogP) is 1.13. The van der Waals surface area contributed by atoms with E-state index in [0.717, 1.165) is 0 Å². The molecule has 0 atom stereocenters. The number of rotatable bonds is 1. The second-order valence-electron chi connectivity index (χ2n) is 1.28. The van der Waals surface area contributed by atoms with E-state index in [2.05, 4.69) is 11.6 Å². The first-order chi connectivity index (χ1) is 2.27. The summed E-state index contributed by atoms with van der Waals surface area (Å²) in [4.78, 5) is 0. The SMILES string of the molecule is C[O][Al]([CH3])[CH3].[2HH]. The molecule has 0 radical (unpaired) electrons. The van der Waals surface area contributed by atoms with Gasteiger partial charge in [-0.2, -0.15) is 0 Å². The highest BCUT2D eigenvalue weighted by Gasteiger charge is 1.95. The third-order valence-corrected chi connectivity index (χ3v) is 1.41. The molecule has 0 unspecified atom stereocenters. The maximum atomic E-state index is 4.89. The molecular weight excluding hydrogens is 79.0 g/mol. The lowest BCUT2D eigenvalue weighted by Crippen LogP contribution is -2.00. The molecule has 32 valence electrons. The Morgan fingerprint density at radius 2 is 1.80 bits per heavy atom. The first kappa shape index (κ1) is 5.49. The van der Waals surface area contributed by atoms with Crippen molar-refractivity contribution in [3.05, 3.63) is 0 Å². The van der Waals surface area contributed by atoms with Gasteiger partial charge in [-0.05, 0) is 0 Å². The van der Waals surface area contributed by atoms with Gasteiger partial charge in [0, 0.05) is 8.54 Å². The molecule has 0 aromatic rings. The van der Waals surface area contributed by atoms with Crippen LogP contribution in [0.25, 0.3) is 0 Å². The second kappa shape index (κ2) is 2.72. The predicted molar refractivity (Wildman–Crippen MR) is 26.6 cm³/mol. The van der Waals surface area contributed by atoms with E-state index in [1.165, 1.54) is 0 Å². The van der Waals surface area contributed by atoms with E-state index >= 15 is 0 Å².